The lowest BCUT2D eigenvalue weighted by Gasteiger charge is -2.09. The van der Waals surface area contributed by atoms with E-state index in [1.807, 2.05) is 26.0 Å². The van der Waals surface area contributed by atoms with Gasteiger partial charge in [0.05, 0.1) is 25.5 Å². The summed E-state index contributed by atoms with van der Waals surface area (Å²) in [7, 11) is 1.62. The third-order valence-electron chi connectivity index (χ3n) is 2.36. The fourth-order valence-corrected chi connectivity index (χ4v) is 1.54. The normalized spacial score (nSPS) is 10.3. The van der Waals surface area contributed by atoms with Crippen LogP contribution in [-0.4, -0.2) is 17.3 Å². The van der Waals surface area contributed by atoms with Crippen LogP contribution in [0, 0.1) is 13.8 Å². The van der Waals surface area contributed by atoms with Gasteiger partial charge in [-0.3, -0.25) is 4.98 Å². The van der Waals surface area contributed by atoms with E-state index in [9.17, 15) is 0 Å². The molecule has 5 nitrogen and oxygen atoms in total. The highest BCUT2D eigenvalue weighted by molar-refractivity contribution is 5.55. The van der Waals surface area contributed by atoms with Crippen LogP contribution in [0.1, 0.15) is 17.1 Å². The number of aromatic nitrogens is 2. The molecule has 0 fully saturated rings. The van der Waals surface area contributed by atoms with Crippen LogP contribution in [-0.2, 0) is 6.54 Å². The minimum atomic E-state index is 0.594. The summed E-state index contributed by atoms with van der Waals surface area (Å²) in [6, 6.07) is 3.83. The fraction of sp³-hybridized carbons (Fsp3) is 0.333. The Hall–Kier alpha value is -2.04. The Kier molecular flexibility index (Phi) is 3.27. The first-order valence-corrected chi connectivity index (χ1v) is 5.35. The first-order chi connectivity index (χ1) is 8.19. The van der Waals surface area contributed by atoms with Crippen molar-refractivity contribution in [2.45, 2.75) is 20.4 Å². The van der Waals surface area contributed by atoms with Crippen LogP contribution in [0.4, 0.5) is 5.69 Å². The third-order valence-corrected chi connectivity index (χ3v) is 2.36. The molecule has 0 aromatic carbocycles. The molecule has 0 spiro atoms. The van der Waals surface area contributed by atoms with Crippen molar-refractivity contribution in [1.29, 1.82) is 0 Å². The SMILES string of the molecule is COc1cnc(C)cc1NCc1cc(C)on1. The molecule has 0 radical (unpaired) electrons. The van der Waals surface area contributed by atoms with Crippen molar-refractivity contribution in [3.63, 3.8) is 0 Å². The number of pyridine rings is 1. The number of rotatable bonds is 4. The average Bonchev–Trinajstić information content (AvgIpc) is 2.73. The van der Waals surface area contributed by atoms with E-state index in [2.05, 4.69) is 15.5 Å². The van der Waals surface area contributed by atoms with Crippen molar-refractivity contribution in [3.8, 4) is 5.75 Å². The number of aryl methyl sites for hydroxylation is 2. The Morgan fingerprint density at radius 3 is 2.82 bits per heavy atom. The minimum Gasteiger partial charge on any atom is -0.493 e. The standard InChI is InChI=1S/C12H15N3O2/c1-8-4-11(12(16-3)7-13-8)14-6-10-5-9(2)17-15-10/h4-5,7H,6H2,1-3H3,(H,13,14). The van der Waals surface area contributed by atoms with E-state index in [0.29, 0.717) is 6.54 Å². The monoisotopic (exact) mass is 233 g/mol. The maximum absolute atomic E-state index is 5.23. The Morgan fingerprint density at radius 2 is 2.18 bits per heavy atom. The number of nitrogens with zero attached hydrogens (tertiary/aromatic N) is 2. The van der Waals surface area contributed by atoms with Gasteiger partial charge < -0.3 is 14.6 Å². The molecule has 0 aliphatic carbocycles. The molecule has 2 aromatic heterocycles. The molecule has 0 unspecified atom stereocenters. The fourth-order valence-electron chi connectivity index (χ4n) is 1.54. The van der Waals surface area contributed by atoms with Crippen LogP contribution < -0.4 is 10.1 Å². The van der Waals surface area contributed by atoms with Crippen LogP contribution in [0.25, 0.3) is 0 Å². The lowest BCUT2D eigenvalue weighted by Crippen LogP contribution is -2.02. The summed E-state index contributed by atoms with van der Waals surface area (Å²) in [6.07, 6.45) is 1.70. The number of methoxy groups -OCH3 is 1. The molecule has 0 aliphatic heterocycles. The molecule has 2 heterocycles. The number of hydrogen-bond donors (Lipinski definition) is 1. The lowest BCUT2D eigenvalue weighted by molar-refractivity contribution is 0.391. The van der Waals surface area contributed by atoms with E-state index >= 15 is 0 Å². The summed E-state index contributed by atoms with van der Waals surface area (Å²) in [5.41, 5.74) is 2.70. The van der Waals surface area contributed by atoms with Gasteiger partial charge in [0.2, 0.25) is 0 Å². The second-order valence-corrected chi connectivity index (χ2v) is 3.81. The molecule has 0 saturated heterocycles. The van der Waals surface area contributed by atoms with Gasteiger partial charge in [-0.2, -0.15) is 0 Å². The first kappa shape index (κ1) is 11.4. The van der Waals surface area contributed by atoms with Gasteiger partial charge in [0.15, 0.2) is 5.75 Å². The second kappa shape index (κ2) is 4.86. The predicted octanol–water partition coefficient (Wildman–Crippen LogP) is 2.31. The maximum Gasteiger partial charge on any atom is 0.160 e. The summed E-state index contributed by atoms with van der Waals surface area (Å²) in [5.74, 6) is 1.52. The first-order valence-electron chi connectivity index (χ1n) is 5.35. The summed E-state index contributed by atoms with van der Waals surface area (Å²) in [5, 5.41) is 7.16. The van der Waals surface area contributed by atoms with Crippen molar-refractivity contribution < 1.29 is 9.26 Å². The molecule has 0 aliphatic rings. The van der Waals surface area contributed by atoms with Crippen molar-refractivity contribution in [1.82, 2.24) is 10.1 Å². The van der Waals surface area contributed by atoms with Gasteiger partial charge in [-0.05, 0) is 19.9 Å². The van der Waals surface area contributed by atoms with E-state index in [1.54, 1.807) is 13.3 Å². The van der Waals surface area contributed by atoms with Crippen molar-refractivity contribution in [2.24, 2.45) is 0 Å². The third kappa shape index (κ3) is 2.75. The Labute approximate surface area is 99.8 Å². The Bertz CT molecular complexity index is 508. The molecule has 2 rings (SSSR count). The summed E-state index contributed by atoms with van der Waals surface area (Å²) < 4.78 is 10.2. The zero-order chi connectivity index (χ0) is 12.3. The average molecular weight is 233 g/mol. The molecule has 0 amide bonds. The molecule has 0 bridgehead atoms. The van der Waals surface area contributed by atoms with Crippen molar-refractivity contribution in [2.75, 3.05) is 12.4 Å². The summed E-state index contributed by atoms with van der Waals surface area (Å²) >= 11 is 0. The predicted molar refractivity (Wildman–Crippen MR) is 64.1 cm³/mol. The van der Waals surface area contributed by atoms with Gasteiger partial charge >= 0.3 is 0 Å². The Balaban J connectivity index is 2.10. The number of nitrogens with one attached hydrogen (secondary N) is 1. The topological polar surface area (TPSA) is 60.2 Å². The molecule has 17 heavy (non-hydrogen) atoms. The van der Waals surface area contributed by atoms with Gasteiger partial charge in [0, 0.05) is 11.8 Å². The highest BCUT2D eigenvalue weighted by atomic mass is 16.5. The number of anilines is 1. The van der Waals surface area contributed by atoms with Gasteiger partial charge in [0.1, 0.15) is 11.5 Å². The van der Waals surface area contributed by atoms with E-state index in [1.165, 1.54) is 0 Å². The van der Waals surface area contributed by atoms with Crippen LogP contribution in [0.5, 0.6) is 5.75 Å². The van der Waals surface area contributed by atoms with Crippen LogP contribution in [0.15, 0.2) is 22.9 Å². The van der Waals surface area contributed by atoms with E-state index < -0.39 is 0 Å². The smallest absolute Gasteiger partial charge is 0.160 e. The van der Waals surface area contributed by atoms with Gasteiger partial charge in [-0.25, -0.2) is 0 Å². The molecule has 1 N–H and O–H groups in total. The van der Waals surface area contributed by atoms with Gasteiger partial charge in [-0.1, -0.05) is 5.16 Å². The highest BCUT2D eigenvalue weighted by Gasteiger charge is 2.05. The molecule has 5 heteroatoms. The van der Waals surface area contributed by atoms with E-state index in [0.717, 1.165) is 28.6 Å². The lowest BCUT2D eigenvalue weighted by atomic mass is 10.3. The molecule has 0 saturated carbocycles. The molecular formula is C12H15N3O2. The number of hydrogen-bond acceptors (Lipinski definition) is 5. The Morgan fingerprint density at radius 1 is 1.35 bits per heavy atom. The zero-order valence-corrected chi connectivity index (χ0v) is 10.2. The van der Waals surface area contributed by atoms with Crippen molar-refractivity contribution in [3.05, 3.63) is 35.5 Å². The molecule has 2 aromatic rings. The van der Waals surface area contributed by atoms with Crippen LogP contribution in [0.3, 0.4) is 0 Å². The van der Waals surface area contributed by atoms with Gasteiger partial charge in [0.25, 0.3) is 0 Å². The molecular weight excluding hydrogens is 218 g/mol. The minimum absolute atomic E-state index is 0.594. The summed E-state index contributed by atoms with van der Waals surface area (Å²) in [4.78, 5) is 4.17. The second-order valence-electron chi connectivity index (χ2n) is 3.81. The summed E-state index contributed by atoms with van der Waals surface area (Å²) in [6.45, 7) is 4.40. The van der Waals surface area contributed by atoms with E-state index in [4.69, 9.17) is 9.26 Å². The highest BCUT2D eigenvalue weighted by Crippen LogP contribution is 2.23. The van der Waals surface area contributed by atoms with Crippen LogP contribution in [0.2, 0.25) is 0 Å². The molecule has 0 atom stereocenters. The maximum atomic E-state index is 5.23. The van der Waals surface area contributed by atoms with Crippen molar-refractivity contribution >= 4 is 5.69 Å². The van der Waals surface area contributed by atoms with Crippen LogP contribution >= 0.6 is 0 Å². The van der Waals surface area contributed by atoms with Gasteiger partial charge in [-0.15, -0.1) is 0 Å². The van der Waals surface area contributed by atoms with E-state index in [-0.39, 0.29) is 0 Å². The largest absolute Gasteiger partial charge is 0.493 e. The quantitative estimate of drug-likeness (QED) is 0.878. The number of ether oxygens (including phenoxy) is 1. The zero-order valence-electron chi connectivity index (χ0n) is 10.2. The molecule has 90 valence electrons.